The summed E-state index contributed by atoms with van der Waals surface area (Å²) >= 11 is 0. The molecule has 5 nitrogen and oxygen atoms in total. The topological polar surface area (TPSA) is 73.6 Å². The van der Waals surface area contributed by atoms with Crippen LogP contribution in [-0.2, 0) is 11.2 Å². The predicted octanol–water partition coefficient (Wildman–Crippen LogP) is 2.09. The Morgan fingerprint density at radius 1 is 1.30 bits per heavy atom. The van der Waals surface area contributed by atoms with E-state index in [2.05, 4.69) is 5.32 Å². The van der Waals surface area contributed by atoms with Crippen molar-refractivity contribution in [2.24, 2.45) is 5.73 Å². The van der Waals surface area contributed by atoms with Crippen LogP contribution in [-0.4, -0.2) is 31.4 Å². The molecule has 0 aliphatic carbocycles. The molecule has 0 aliphatic rings. The molecule has 112 valence electrons. The Morgan fingerprint density at radius 3 is 2.35 bits per heavy atom. The number of benzene rings is 1. The Morgan fingerprint density at radius 2 is 1.90 bits per heavy atom. The smallest absolute Gasteiger partial charge is 0.407 e. The zero-order valence-corrected chi connectivity index (χ0v) is 12.6. The molecule has 0 aromatic heterocycles. The summed E-state index contributed by atoms with van der Waals surface area (Å²) in [5.74, 6) is 0.804. The molecule has 1 aromatic carbocycles. The van der Waals surface area contributed by atoms with Gasteiger partial charge in [0.2, 0.25) is 0 Å². The molecule has 0 spiro atoms. The molecule has 1 atom stereocenters. The summed E-state index contributed by atoms with van der Waals surface area (Å²) in [6.07, 6.45) is 0.209. The van der Waals surface area contributed by atoms with Gasteiger partial charge in [0.15, 0.2) is 0 Å². The normalized spacial score (nSPS) is 12.7. The molecule has 0 fully saturated rings. The molecular formula is C15H24N2O3. The summed E-state index contributed by atoms with van der Waals surface area (Å²) in [4.78, 5) is 11.7. The van der Waals surface area contributed by atoms with Gasteiger partial charge < -0.3 is 20.5 Å². The van der Waals surface area contributed by atoms with Crippen LogP contribution < -0.4 is 15.8 Å². The van der Waals surface area contributed by atoms with E-state index >= 15 is 0 Å². The summed E-state index contributed by atoms with van der Waals surface area (Å²) in [5, 5.41) is 2.78. The molecule has 5 heteroatoms. The van der Waals surface area contributed by atoms with E-state index in [4.69, 9.17) is 15.2 Å². The number of carbonyl (C=O) groups is 1. The summed E-state index contributed by atoms with van der Waals surface area (Å²) in [7, 11) is 1.63. The van der Waals surface area contributed by atoms with Crippen LogP contribution in [0.25, 0.3) is 0 Å². The summed E-state index contributed by atoms with van der Waals surface area (Å²) in [6, 6.07) is 7.53. The van der Waals surface area contributed by atoms with Crippen LogP contribution in [0.3, 0.4) is 0 Å². The van der Waals surface area contributed by atoms with Crippen LogP contribution in [0.5, 0.6) is 5.75 Å². The third-order valence-corrected chi connectivity index (χ3v) is 2.65. The first-order valence-electron chi connectivity index (χ1n) is 6.66. The third kappa shape index (κ3) is 5.93. The standard InChI is InChI=1S/C15H24N2O3/c1-15(2,3)20-14(18)17-12(10-16)9-11-5-7-13(19-4)8-6-11/h5-8,12H,9-10,16H2,1-4H3,(H,17,18). The number of rotatable bonds is 5. The zero-order valence-electron chi connectivity index (χ0n) is 12.6. The molecule has 1 unspecified atom stereocenters. The second kappa shape index (κ2) is 7.14. The van der Waals surface area contributed by atoms with Crippen molar-refractivity contribution in [2.45, 2.75) is 38.8 Å². The average Bonchev–Trinajstić information content (AvgIpc) is 2.36. The number of ether oxygens (including phenoxy) is 2. The number of carbonyl (C=O) groups excluding carboxylic acids is 1. The molecule has 0 aliphatic heterocycles. The molecule has 1 amide bonds. The van der Waals surface area contributed by atoms with Gasteiger partial charge in [0.25, 0.3) is 0 Å². The first-order valence-corrected chi connectivity index (χ1v) is 6.66. The fraction of sp³-hybridized carbons (Fsp3) is 0.533. The van der Waals surface area contributed by atoms with Gasteiger partial charge >= 0.3 is 6.09 Å². The maximum absolute atomic E-state index is 11.7. The third-order valence-electron chi connectivity index (χ3n) is 2.65. The van der Waals surface area contributed by atoms with Crippen molar-refractivity contribution in [1.29, 1.82) is 0 Å². The van der Waals surface area contributed by atoms with Crippen molar-refractivity contribution < 1.29 is 14.3 Å². The van der Waals surface area contributed by atoms with Gasteiger partial charge in [-0.25, -0.2) is 4.79 Å². The Balaban J connectivity index is 2.55. The fourth-order valence-electron chi connectivity index (χ4n) is 1.71. The van der Waals surface area contributed by atoms with Crippen molar-refractivity contribution in [1.82, 2.24) is 5.32 Å². The number of methoxy groups -OCH3 is 1. The first-order chi connectivity index (χ1) is 9.34. The van der Waals surface area contributed by atoms with Gasteiger partial charge in [0, 0.05) is 12.6 Å². The van der Waals surface area contributed by atoms with Crippen LogP contribution in [0.1, 0.15) is 26.3 Å². The van der Waals surface area contributed by atoms with Crippen LogP contribution in [0.15, 0.2) is 24.3 Å². The highest BCUT2D eigenvalue weighted by atomic mass is 16.6. The van der Waals surface area contributed by atoms with Gasteiger partial charge in [0.1, 0.15) is 11.4 Å². The molecule has 0 heterocycles. The van der Waals surface area contributed by atoms with Crippen molar-refractivity contribution in [2.75, 3.05) is 13.7 Å². The first kappa shape index (κ1) is 16.3. The van der Waals surface area contributed by atoms with Crippen molar-refractivity contribution in [3.63, 3.8) is 0 Å². The quantitative estimate of drug-likeness (QED) is 0.866. The van der Waals surface area contributed by atoms with Crippen LogP contribution in [0.2, 0.25) is 0 Å². The van der Waals surface area contributed by atoms with Gasteiger partial charge in [-0.1, -0.05) is 12.1 Å². The largest absolute Gasteiger partial charge is 0.497 e. The van der Waals surface area contributed by atoms with E-state index in [0.29, 0.717) is 13.0 Å². The molecule has 1 rings (SSSR count). The van der Waals surface area contributed by atoms with E-state index < -0.39 is 11.7 Å². The number of hydrogen-bond acceptors (Lipinski definition) is 4. The van der Waals surface area contributed by atoms with E-state index in [1.807, 2.05) is 45.0 Å². The number of hydrogen-bond donors (Lipinski definition) is 2. The van der Waals surface area contributed by atoms with Crippen LogP contribution in [0.4, 0.5) is 4.79 Å². The lowest BCUT2D eigenvalue weighted by Crippen LogP contribution is -2.44. The van der Waals surface area contributed by atoms with E-state index in [9.17, 15) is 4.79 Å². The maximum atomic E-state index is 11.7. The van der Waals surface area contributed by atoms with Gasteiger partial charge in [-0.15, -0.1) is 0 Å². The van der Waals surface area contributed by atoms with Crippen LogP contribution in [0, 0.1) is 0 Å². The number of alkyl carbamates (subject to hydrolysis) is 1. The van der Waals surface area contributed by atoms with E-state index in [0.717, 1.165) is 11.3 Å². The van der Waals surface area contributed by atoms with E-state index in [-0.39, 0.29) is 6.04 Å². The summed E-state index contributed by atoms with van der Waals surface area (Å²) in [5.41, 5.74) is 6.26. The highest BCUT2D eigenvalue weighted by molar-refractivity contribution is 5.68. The van der Waals surface area contributed by atoms with E-state index in [1.54, 1.807) is 7.11 Å². The minimum absolute atomic E-state index is 0.154. The average molecular weight is 280 g/mol. The van der Waals surface area contributed by atoms with Crippen molar-refractivity contribution in [3.8, 4) is 5.75 Å². The van der Waals surface area contributed by atoms with Gasteiger partial charge in [-0.2, -0.15) is 0 Å². The van der Waals surface area contributed by atoms with Crippen molar-refractivity contribution in [3.05, 3.63) is 29.8 Å². The summed E-state index contributed by atoms with van der Waals surface area (Å²) in [6.45, 7) is 5.83. The lowest BCUT2D eigenvalue weighted by Gasteiger charge is -2.23. The molecule has 3 N–H and O–H groups in total. The highest BCUT2D eigenvalue weighted by Crippen LogP contribution is 2.13. The predicted molar refractivity (Wildman–Crippen MR) is 78.9 cm³/mol. The Bertz CT molecular complexity index is 424. The number of nitrogens with one attached hydrogen (secondary N) is 1. The summed E-state index contributed by atoms with van der Waals surface area (Å²) < 4.78 is 10.3. The maximum Gasteiger partial charge on any atom is 0.407 e. The van der Waals surface area contributed by atoms with Gasteiger partial charge in [-0.05, 0) is 44.9 Å². The minimum atomic E-state index is -0.511. The van der Waals surface area contributed by atoms with Gasteiger partial charge in [0.05, 0.1) is 7.11 Å². The van der Waals surface area contributed by atoms with Crippen LogP contribution >= 0.6 is 0 Å². The molecular weight excluding hydrogens is 256 g/mol. The molecule has 0 radical (unpaired) electrons. The molecule has 0 saturated carbocycles. The zero-order chi connectivity index (χ0) is 15.2. The molecule has 20 heavy (non-hydrogen) atoms. The van der Waals surface area contributed by atoms with Crippen molar-refractivity contribution >= 4 is 6.09 Å². The monoisotopic (exact) mass is 280 g/mol. The minimum Gasteiger partial charge on any atom is -0.497 e. The molecule has 0 bridgehead atoms. The number of nitrogens with two attached hydrogens (primary N) is 1. The highest BCUT2D eigenvalue weighted by Gasteiger charge is 2.19. The lowest BCUT2D eigenvalue weighted by atomic mass is 10.1. The second-order valence-electron chi connectivity index (χ2n) is 5.63. The molecule has 1 aromatic rings. The SMILES string of the molecule is COc1ccc(CC(CN)NC(=O)OC(C)(C)C)cc1. The van der Waals surface area contributed by atoms with Gasteiger partial charge in [-0.3, -0.25) is 0 Å². The number of amides is 1. The van der Waals surface area contributed by atoms with E-state index in [1.165, 1.54) is 0 Å². The fourth-order valence-corrected chi connectivity index (χ4v) is 1.71. The Kier molecular flexibility index (Phi) is 5.82. The Labute approximate surface area is 120 Å². The lowest BCUT2D eigenvalue weighted by molar-refractivity contribution is 0.0506. The molecule has 0 saturated heterocycles. The second-order valence-corrected chi connectivity index (χ2v) is 5.63. The Hall–Kier alpha value is -1.75.